The van der Waals surface area contributed by atoms with Crippen LogP contribution >= 0.6 is 0 Å². The van der Waals surface area contributed by atoms with Gasteiger partial charge in [-0.1, -0.05) is 27.2 Å². The van der Waals surface area contributed by atoms with Gasteiger partial charge in [-0.15, -0.1) is 0 Å². The largest absolute Gasteiger partial charge is 0.384 e. The summed E-state index contributed by atoms with van der Waals surface area (Å²) in [6, 6.07) is 0.412. The minimum atomic E-state index is 0.412. The number of rotatable bonds is 7. The van der Waals surface area contributed by atoms with E-state index in [2.05, 4.69) is 26.2 Å². The van der Waals surface area contributed by atoms with Crippen molar-refractivity contribution in [3.8, 4) is 0 Å². The van der Waals surface area contributed by atoms with Crippen molar-refractivity contribution in [2.75, 3.05) is 13.7 Å². The van der Waals surface area contributed by atoms with E-state index in [0.717, 1.165) is 19.4 Å². The third-order valence-corrected chi connectivity index (χ3v) is 2.65. The highest BCUT2D eigenvalue weighted by molar-refractivity contribution is 4.72. The van der Waals surface area contributed by atoms with Crippen molar-refractivity contribution in [3.05, 3.63) is 0 Å². The summed E-state index contributed by atoms with van der Waals surface area (Å²) in [6.45, 7) is 7.42. The molecule has 0 heterocycles. The second-order valence-electron chi connectivity index (χ2n) is 3.95. The molecule has 0 fully saturated rings. The van der Waals surface area contributed by atoms with Crippen molar-refractivity contribution in [3.63, 3.8) is 0 Å². The molecule has 0 spiro atoms. The first kappa shape index (κ1) is 12.9. The molecule has 0 bridgehead atoms. The molecule has 0 aliphatic heterocycles. The van der Waals surface area contributed by atoms with E-state index < -0.39 is 0 Å². The molecule has 0 aromatic heterocycles. The van der Waals surface area contributed by atoms with Gasteiger partial charge >= 0.3 is 0 Å². The summed E-state index contributed by atoms with van der Waals surface area (Å²) in [6.07, 6.45) is 2.24. The molecular weight excluding hydrogens is 164 g/mol. The van der Waals surface area contributed by atoms with Gasteiger partial charge in [0, 0.05) is 19.8 Å². The van der Waals surface area contributed by atoms with Crippen LogP contribution in [0.2, 0.25) is 0 Å². The predicted molar refractivity (Wildman–Crippen MR) is 56.2 cm³/mol. The van der Waals surface area contributed by atoms with Gasteiger partial charge in [-0.05, 0) is 18.3 Å². The minimum Gasteiger partial charge on any atom is -0.384 e. The van der Waals surface area contributed by atoms with E-state index >= 15 is 0 Å². The number of methoxy groups -OCH3 is 1. The molecule has 3 unspecified atom stereocenters. The lowest BCUT2D eigenvalue weighted by atomic mass is 9.91. The Kier molecular flexibility index (Phi) is 7.23. The van der Waals surface area contributed by atoms with Crippen LogP contribution in [-0.4, -0.2) is 19.8 Å². The molecule has 0 aromatic rings. The number of nitrogens with one attached hydrogen (secondary N) is 1. The number of hydrazine groups is 1. The third-order valence-electron chi connectivity index (χ3n) is 2.65. The van der Waals surface area contributed by atoms with E-state index in [0.29, 0.717) is 17.9 Å². The summed E-state index contributed by atoms with van der Waals surface area (Å²) in [7, 11) is 1.74. The molecule has 0 saturated carbocycles. The Morgan fingerprint density at radius 2 is 2.00 bits per heavy atom. The summed E-state index contributed by atoms with van der Waals surface area (Å²) in [5, 5.41) is 0. The number of ether oxygens (including phenoxy) is 1. The Morgan fingerprint density at radius 1 is 1.38 bits per heavy atom. The number of hydrogen-bond acceptors (Lipinski definition) is 3. The molecule has 0 amide bonds. The van der Waals surface area contributed by atoms with E-state index in [9.17, 15) is 0 Å². The van der Waals surface area contributed by atoms with Crippen LogP contribution in [-0.2, 0) is 4.74 Å². The summed E-state index contributed by atoms with van der Waals surface area (Å²) >= 11 is 0. The maximum Gasteiger partial charge on any atom is 0.0488 e. The Morgan fingerprint density at radius 3 is 2.38 bits per heavy atom. The van der Waals surface area contributed by atoms with E-state index in [1.807, 2.05) is 0 Å². The lowest BCUT2D eigenvalue weighted by Gasteiger charge is -2.24. The predicted octanol–water partition coefficient (Wildman–Crippen LogP) is 1.54. The lowest BCUT2D eigenvalue weighted by molar-refractivity contribution is 0.143. The molecular formula is C10H24N2O. The van der Waals surface area contributed by atoms with Crippen LogP contribution in [0.5, 0.6) is 0 Å². The zero-order valence-electron chi connectivity index (χ0n) is 9.34. The highest BCUT2D eigenvalue weighted by atomic mass is 16.5. The average Bonchev–Trinajstić information content (AvgIpc) is 2.13. The molecule has 3 heteroatoms. The molecule has 13 heavy (non-hydrogen) atoms. The topological polar surface area (TPSA) is 47.3 Å². The first-order valence-electron chi connectivity index (χ1n) is 5.10. The molecule has 0 saturated heterocycles. The van der Waals surface area contributed by atoms with Gasteiger partial charge < -0.3 is 4.74 Å². The summed E-state index contributed by atoms with van der Waals surface area (Å²) in [5.74, 6) is 6.70. The fourth-order valence-electron chi connectivity index (χ4n) is 1.54. The average molecular weight is 188 g/mol. The second-order valence-corrected chi connectivity index (χ2v) is 3.95. The maximum absolute atomic E-state index is 5.50. The smallest absolute Gasteiger partial charge is 0.0488 e. The highest BCUT2D eigenvalue weighted by Gasteiger charge is 2.16. The molecule has 0 aromatic carbocycles. The van der Waals surface area contributed by atoms with Gasteiger partial charge in [-0.25, -0.2) is 0 Å². The summed E-state index contributed by atoms with van der Waals surface area (Å²) in [5.41, 5.74) is 2.89. The van der Waals surface area contributed by atoms with Gasteiger partial charge in [0.2, 0.25) is 0 Å². The minimum absolute atomic E-state index is 0.412. The molecule has 3 nitrogen and oxygen atoms in total. The second kappa shape index (κ2) is 7.30. The third kappa shape index (κ3) is 5.24. The fourth-order valence-corrected chi connectivity index (χ4v) is 1.54. The van der Waals surface area contributed by atoms with E-state index in [-0.39, 0.29) is 0 Å². The Labute approximate surface area is 82.0 Å². The van der Waals surface area contributed by atoms with Crippen LogP contribution in [0.4, 0.5) is 0 Å². The zero-order valence-corrected chi connectivity index (χ0v) is 9.34. The monoisotopic (exact) mass is 188 g/mol. The van der Waals surface area contributed by atoms with Crippen molar-refractivity contribution in [1.29, 1.82) is 0 Å². The van der Waals surface area contributed by atoms with Crippen LogP contribution in [0.25, 0.3) is 0 Å². The molecule has 0 aliphatic rings. The van der Waals surface area contributed by atoms with Crippen molar-refractivity contribution in [2.24, 2.45) is 17.7 Å². The number of hydrogen-bond donors (Lipinski definition) is 2. The molecule has 3 atom stereocenters. The summed E-state index contributed by atoms with van der Waals surface area (Å²) < 4.78 is 5.09. The van der Waals surface area contributed by atoms with Crippen molar-refractivity contribution in [2.45, 2.75) is 39.7 Å². The Bertz CT molecular complexity index is 119. The van der Waals surface area contributed by atoms with Crippen molar-refractivity contribution < 1.29 is 4.74 Å². The van der Waals surface area contributed by atoms with Crippen molar-refractivity contribution >= 4 is 0 Å². The first-order valence-corrected chi connectivity index (χ1v) is 5.10. The van der Waals surface area contributed by atoms with Crippen LogP contribution in [0, 0.1) is 11.8 Å². The van der Waals surface area contributed by atoms with Crippen molar-refractivity contribution in [1.82, 2.24) is 5.43 Å². The van der Waals surface area contributed by atoms with Gasteiger partial charge in [0.05, 0.1) is 0 Å². The quantitative estimate of drug-likeness (QED) is 0.470. The van der Waals surface area contributed by atoms with Crippen LogP contribution in [0.3, 0.4) is 0 Å². The van der Waals surface area contributed by atoms with Gasteiger partial charge in [0.1, 0.15) is 0 Å². The fraction of sp³-hybridized carbons (Fsp3) is 1.00. The highest BCUT2D eigenvalue weighted by Crippen LogP contribution is 2.15. The zero-order chi connectivity index (χ0) is 10.3. The van der Waals surface area contributed by atoms with Gasteiger partial charge in [0.25, 0.3) is 0 Å². The number of nitrogens with two attached hydrogens (primary N) is 1. The standard InChI is InChI=1S/C10H24N2O/c1-5-9(3)10(12-11)6-8(2)7-13-4/h8-10,12H,5-7,11H2,1-4H3. The van der Waals surface area contributed by atoms with E-state index in [4.69, 9.17) is 10.6 Å². The molecule has 0 rings (SSSR count). The molecule has 0 aliphatic carbocycles. The summed E-state index contributed by atoms with van der Waals surface area (Å²) in [4.78, 5) is 0. The van der Waals surface area contributed by atoms with Gasteiger partial charge in [-0.2, -0.15) is 0 Å². The molecule has 0 radical (unpaired) electrons. The normalized spacial score (nSPS) is 18.2. The van der Waals surface area contributed by atoms with E-state index in [1.54, 1.807) is 7.11 Å². The Balaban J connectivity index is 3.82. The molecule has 3 N–H and O–H groups in total. The van der Waals surface area contributed by atoms with E-state index in [1.165, 1.54) is 0 Å². The van der Waals surface area contributed by atoms with Gasteiger partial charge in [-0.3, -0.25) is 11.3 Å². The van der Waals surface area contributed by atoms with Crippen LogP contribution in [0.1, 0.15) is 33.6 Å². The molecule has 80 valence electrons. The van der Waals surface area contributed by atoms with Crippen LogP contribution < -0.4 is 11.3 Å². The van der Waals surface area contributed by atoms with Crippen LogP contribution in [0.15, 0.2) is 0 Å². The maximum atomic E-state index is 5.50. The van der Waals surface area contributed by atoms with Gasteiger partial charge in [0.15, 0.2) is 0 Å². The first-order chi connectivity index (χ1) is 6.15. The lowest BCUT2D eigenvalue weighted by Crippen LogP contribution is -2.41. The Hall–Kier alpha value is -0.120. The SMILES string of the molecule is CCC(C)C(CC(C)COC)NN.